The molecule has 1 rings (SSSR count). The van der Waals surface area contributed by atoms with Crippen LogP contribution >= 0.6 is 0 Å². The molecular formula is C18H30F2N4O. The van der Waals surface area contributed by atoms with Crippen LogP contribution in [0.3, 0.4) is 0 Å². The number of nitrogens with zero attached hydrogens (tertiary/aromatic N) is 2. The average Bonchev–Trinajstić information content (AvgIpc) is 2.58. The molecule has 1 aromatic carbocycles. The molecule has 142 valence electrons. The Balaban J connectivity index is 2.64. The molecule has 0 saturated heterocycles. The van der Waals surface area contributed by atoms with Crippen LogP contribution in [0.1, 0.15) is 31.9 Å². The first-order valence-corrected chi connectivity index (χ1v) is 8.64. The first-order valence-electron chi connectivity index (χ1n) is 8.64. The molecule has 0 spiro atoms. The van der Waals surface area contributed by atoms with Gasteiger partial charge in [0.05, 0.1) is 0 Å². The highest BCUT2D eigenvalue weighted by atomic mass is 19.3. The SMILES string of the molecule is CCN(CC)C(C)CNC(=NC)NCc1cc(C)ccc1OC(F)F. The van der Waals surface area contributed by atoms with E-state index in [1.165, 1.54) is 0 Å². The number of aliphatic imine (C=N–C) groups is 1. The first-order chi connectivity index (χ1) is 11.9. The molecule has 0 amide bonds. The summed E-state index contributed by atoms with van der Waals surface area (Å²) in [5.74, 6) is 0.809. The molecule has 0 radical (unpaired) electrons. The van der Waals surface area contributed by atoms with Crippen LogP contribution in [0.2, 0.25) is 0 Å². The van der Waals surface area contributed by atoms with Crippen LogP contribution in [0, 0.1) is 6.92 Å². The molecule has 0 bridgehead atoms. The number of halogens is 2. The van der Waals surface area contributed by atoms with Gasteiger partial charge >= 0.3 is 6.61 Å². The lowest BCUT2D eigenvalue weighted by molar-refractivity contribution is -0.0504. The Morgan fingerprint density at radius 3 is 2.48 bits per heavy atom. The van der Waals surface area contributed by atoms with Crippen LogP contribution in [0.25, 0.3) is 0 Å². The molecule has 0 aliphatic rings. The zero-order valence-electron chi connectivity index (χ0n) is 15.8. The fourth-order valence-electron chi connectivity index (χ4n) is 2.68. The lowest BCUT2D eigenvalue weighted by Gasteiger charge is -2.27. The molecule has 0 aliphatic carbocycles. The van der Waals surface area contributed by atoms with Crippen molar-refractivity contribution in [3.63, 3.8) is 0 Å². The minimum Gasteiger partial charge on any atom is -0.434 e. The molecule has 0 fully saturated rings. The van der Waals surface area contributed by atoms with Gasteiger partial charge in [0.15, 0.2) is 5.96 Å². The van der Waals surface area contributed by atoms with Gasteiger partial charge in [-0.05, 0) is 33.0 Å². The largest absolute Gasteiger partial charge is 0.434 e. The van der Waals surface area contributed by atoms with Crippen LogP contribution < -0.4 is 15.4 Å². The zero-order chi connectivity index (χ0) is 18.8. The minimum absolute atomic E-state index is 0.181. The van der Waals surface area contributed by atoms with E-state index in [9.17, 15) is 8.78 Å². The Kier molecular flexibility index (Phi) is 9.20. The second-order valence-electron chi connectivity index (χ2n) is 5.87. The van der Waals surface area contributed by atoms with E-state index in [-0.39, 0.29) is 5.75 Å². The van der Waals surface area contributed by atoms with E-state index in [1.54, 1.807) is 19.2 Å². The second kappa shape index (κ2) is 10.9. The summed E-state index contributed by atoms with van der Waals surface area (Å²) in [5.41, 5.74) is 1.65. The molecule has 2 N–H and O–H groups in total. The number of aryl methyl sites for hydroxylation is 1. The zero-order valence-corrected chi connectivity index (χ0v) is 15.8. The number of hydrogen-bond donors (Lipinski definition) is 2. The Labute approximate surface area is 149 Å². The van der Waals surface area contributed by atoms with Crippen molar-refractivity contribution >= 4 is 5.96 Å². The van der Waals surface area contributed by atoms with Crippen molar-refractivity contribution in [2.45, 2.75) is 46.9 Å². The number of rotatable bonds is 9. The Morgan fingerprint density at radius 1 is 1.24 bits per heavy atom. The number of hydrogen-bond acceptors (Lipinski definition) is 3. The van der Waals surface area contributed by atoms with Crippen LogP contribution in [-0.4, -0.2) is 50.2 Å². The predicted octanol–water partition coefficient (Wildman–Crippen LogP) is 2.99. The summed E-state index contributed by atoms with van der Waals surface area (Å²) in [7, 11) is 1.68. The molecule has 0 aromatic heterocycles. The van der Waals surface area contributed by atoms with Crippen molar-refractivity contribution in [2.24, 2.45) is 4.99 Å². The van der Waals surface area contributed by atoms with Crippen molar-refractivity contribution in [2.75, 3.05) is 26.7 Å². The average molecular weight is 356 g/mol. The van der Waals surface area contributed by atoms with Crippen molar-refractivity contribution in [3.8, 4) is 5.75 Å². The molecule has 1 unspecified atom stereocenters. The first kappa shape index (κ1) is 21.2. The maximum absolute atomic E-state index is 12.5. The molecule has 25 heavy (non-hydrogen) atoms. The van der Waals surface area contributed by atoms with Gasteiger partial charge < -0.3 is 15.4 Å². The second-order valence-corrected chi connectivity index (χ2v) is 5.87. The summed E-state index contributed by atoms with van der Waals surface area (Å²) in [6, 6.07) is 5.51. The van der Waals surface area contributed by atoms with Crippen LogP contribution in [0.15, 0.2) is 23.2 Å². The van der Waals surface area contributed by atoms with E-state index < -0.39 is 6.61 Å². The lowest BCUT2D eigenvalue weighted by atomic mass is 10.1. The van der Waals surface area contributed by atoms with Crippen molar-refractivity contribution < 1.29 is 13.5 Å². The molecule has 1 atom stereocenters. The van der Waals surface area contributed by atoms with Gasteiger partial charge in [-0.15, -0.1) is 0 Å². The standard InChI is InChI=1S/C18H30F2N4O/c1-6-24(7-2)14(4)11-22-18(21-5)23-12-15-10-13(3)8-9-16(15)25-17(19)20/h8-10,14,17H,6-7,11-12H2,1-5H3,(H2,21,22,23). The predicted molar refractivity (Wildman–Crippen MR) is 98.4 cm³/mol. The molecule has 7 heteroatoms. The van der Waals surface area contributed by atoms with Gasteiger partial charge in [0.1, 0.15) is 5.75 Å². The monoisotopic (exact) mass is 356 g/mol. The normalized spacial score (nSPS) is 13.2. The molecular weight excluding hydrogens is 326 g/mol. The Bertz CT molecular complexity index is 548. The van der Waals surface area contributed by atoms with Crippen molar-refractivity contribution in [3.05, 3.63) is 29.3 Å². The van der Waals surface area contributed by atoms with E-state index in [4.69, 9.17) is 0 Å². The number of benzene rings is 1. The highest BCUT2D eigenvalue weighted by molar-refractivity contribution is 5.79. The molecule has 0 heterocycles. The number of likely N-dealkylation sites (N-methyl/N-ethyl adjacent to an activating group) is 1. The van der Waals surface area contributed by atoms with E-state index in [0.717, 1.165) is 25.2 Å². The Morgan fingerprint density at radius 2 is 1.92 bits per heavy atom. The number of guanidine groups is 1. The maximum Gasteiger partial charge on any atom is 0.387 e. The minimum atomic E-state index is -2.84. The summed E-state index contributed by atoms with van der Waals surface area (Å²) < 4.78 is 29.7. The van der Waals surface area contributed by atoms with E-state index in [2.05, 4.69) is 46.0 Å². The van der Waals surface area contributed by atoms with Crippen LogP contribution in [0.4, 0.5) is 8.78 Å². The Hall–Kier alpha value is -1.89. The van der Waals surface area contributed by atoms with Gasteiger partial charge in [-0.3, -0.25) is 9.89 Å². The molecule has 5 nitrogen and oxygen atoms in total. The third kappa shape index (κ3) is 7.25. The fourth-order valence-corrected chi connectivity index (χ4v) is 2.68. The van der Waals surface area contributed by atoms with E-state index in [0.29, 0.717) is 24.1 Å². The topological polar surface area (TPSA) is 48.9 Å². The molecule has 1 aromatic rings. The number of alkyl halides is 2. The van der Waals surface area contributed by atoms with Gasteiger partial charge in [0.25, 0.3) is 0 Å². The smallest absolute Gasteiger partial charge is 0.387 e. The van der Waals surface area contributed by atoms with Gasteiger partial charge in [-0.25, -0.2) is 0 Å². The van der Waals surface area contributed by atoms with Gasteiger partial charge in [0.2, 0.25) is 0 Å². The van der Waals surface area contributed by atoms with Crippen LogP contribution in [0.5, 0.6) is 5.75 Å². The number of ether oxygens (including phenoxy) is 1. The van der Waals surface area contributed by atoms with Crippen molar-refractivity contribution in [1.29, 1.82) is 0 Å². The fraction of sp³-hybridized carbons (Fsp3) is 0.611. The summed E-state index contributed by atoms with van der Waals surface area (Å²) in [6.07, 6.45) is 0. The van der Waals surface area contributed by atoms with Gasteiger partial charge in [-0.1, -0.05) is 31.5 Å². The third-order valence-electron chi connectivity index (χ3n) is 4.10. The maximum atomic E-state index is 12.5. The van der Waals surface area contributed by atoms with E-state index in [1.807, 2.05) is 13.0 Å². The molecule has 0 saturated carbocycles. The van der Waals surface area contributed by atoms with Crippen LogP contribution in [-0.2, 0) is 6.54 Å². The third-order valence-corrected chi connectivity index (χ3v) is 4.10. The lowest BCUT2D eigenvalue weighted by Crippen LogP contribution is -2.45. The molecule has 0 aliphatic heterocycles. The highest BCUT2D eigenvalue weighted by Gasteiger charge is 2.12. The quantitative estimate of drug-likeness (QED) is 0.528. The highest BCUT2D eigenvalue weighted by Crippen LogP contribution is 2.21. The van der Waals surface area contributed by atoms with E-state index >= 15 is 0 Å². The van der Waals surface area contributed by atoms with Gasteiger partial charge in [0, 0.05) is 31.7 Å². The van der Waals surface area contributed by atoms with Crippen molar-refractivity contribution in [1.82, 2.24) is 15.5 Å². The summed E-state index contributed by atoms with van der Waals surface area (Å²) >= 11 is 0. The summed E-state index contributed by atoms with van der Waals surface area (Å²) in [4.78, 5) is 6.53. The summed E-state index contributed by atoms with van der Waals surface area (Å²) in [6.45, 7) is 8.57. The van der Waals surface area contributed by atoms with Gasteiger partial charge in [-0.2, -0.15) is 8.78 Å². The number of nitrogens with one attached hydrogen (secondary N) is 2. The summed E-state index contributed by atoms with van der Waals surface area (Å²) in [5, 5.41) is 6.42.